The molecule has 0 aliphatic heterocycles. The predicted molar refractivity (Wildman–Crippen MR) is 84.7 cm³/mol. The van der Waals surface area contributed by atoms with E-state index < -0.39 is 0 Å². The summed E-state index contributed by atoms with van der Waals surface area (Å²) in [6.07, 6.45) is 0. The average molecular weight is 263 g/mol. The summed E-state index contributed by atoms with van der Waals surface area (Å²) in [5.74, 6) is 0. The van der Waals surface area contributed by atoms with Gasteiger partial charge in [0, 0.05) is 29.0 Å². The first-order valence-corrected chi connectivity index (χ1v) is 6.68. The lowest BCUT2D eigenvalue weighted by Crippen LogP contribution is -2.03. The van der Waals surface area contributed by atoms with E-state index in [4.69, 9.17) is 5.73 Å². The number of benzene rings is 2. The number of rotatable bonds is 3. The van der Waals surface area contributed by atoms with E-state index in [9.17, 15) is 0 Å². The van der Waals surface area contributed by atoms with E-state index >= 15 is 0 Å². The quantitative estimate of drug-likeness (QED) is 0.708. The van der Waals surface area contributed by atoms with Crippen molar-refractivity contribution in [3.8, 4) is 0 Å². The van der Waals surface area contributed by atoms with Gasteiger partial charge in [0.05, 0.1) is 5.52 Å². The molecule has 2 aromatic carbocycles. The van der Waals surface area contributed by atoms with Crippen LogP contribution in [0, 0.1) is 6.92 Å². The molecule has 3 N–H and O–H groups in total. The second-order valence-corrected chi connectivity index (χ2v) is 4.88. The van der Waals surface area contributed by atoms with Crippen LogP contribution < -0.4 is 11.1 Å². The number of anilines is 2. The molecular formula is C17H17N3. The molecule has 20 heavy (non-hydrogen) atoms. The van der Waals surface area contributed by atoms with Gasteiger partial charge in [-0.2, -0.15) is 0 Å². The Morgan fingerprint density at radius 3 is 2.65 bits per heavy atom. The van der Waals surface area contributed by atoms with Gasteiger partial charge in [-0.05, 0) is 30.7 Å². The number of aromatic nitrogens is 1. The molecule has 0 aliphatic carbocycles. The van der Waals surface area contributed by atoms with Gasteiger partial charge in [-0.1, -0.05) is 36.4 Å². The fraction of sp³-hybridized carbons (Fsp3) is 0.118. The molecule has 0 aliphatic rings. The minimum absolute atomic E-state index is 0.708. The summed E-state index contributed by atoms with van der Waals surface area (Å²) in [6, 6.07) is 18.1. The summed E-state index contributed by atoms with van der Waals surface area (Å²) in [4.78, 5) is 4.54. The lowest BCUT2D eigenvalue weighted by molar-refractivity contribution is 1.15. The maximum Gasteiger partial charge on any atom is 0.0725 e. The molecule has 0 saturated carbocycles. The van der Waals surface area contributed by atoms with Crippen molar-refractivity contribution in [3.63, 3.8) is 0 Å². The molecule has 1 heterocycles. The van der Waals surface area contributed by atoms with Crippen LogP contribution in [0.2, 0.25) is 0 Å². The van der Waals surface area contributed by atoms with Crippen LogP contribution in [0.4, 0.5) is 11.4 Å². The molecule has 0 fully saturated rings. The highest BCUT2D eigenvalue weighted by molar-refractivity contribution is 5.91. The zero-order valence-electron chi connectivity index (χ0n) is 11.4. The molecule has 0 unspecified atom stereocenters. The Hall–Kier alpha value is -2.55. The van der Waals surface area contributed by atoms with E-state index in [1.165, 1.54) is 0 Å². The number of nitrogens with two attached hydrogens (primary N) is 1. The van der Waals surface area contributed by atoms with E-state index in [-0.39, 0.29) is 0 Å². The molecule has 0 spiro atoms. The number of pyridine rings is 1. The molecule has 0 amide bonds. The third kappa shape index (κ3) is 2.43. The van der Waals surface area contributed by atoms with Gasteiger partial charge >= 0.3 is 0 Å². The van der Waals surface area contributed by atoms with Crippen LogP contribution >= 0.6 is 0 Å². The fourth-order valence-corrected chi connectivity index (χ4v) is 2.34. The highest BCUT2D eigenvalue weighted by atomic mass is 14.9. The van der Waals surface area contributed by atoms with Crippen LogP contribution in [-0.4, -0.2) is 4.98 Å². The largest absolute Gasteiger partial charge is 0.398 e. The van der Waals surface area contributed by atoms with Crippen LogP contribution in [0.25, 0.3) is 10.9 Å². The first kappa shape index (κ1) is 12.5. The number of nitrogen functional groups attached to an aromatic ring is 1. The summed E-state index contributed by atoms with van der Waals surface area (Å²) in [5.41, 5.74) is 11.0. The summed E-state index contributed by atoms with van der Waals surface area (Å²) < 4.78 is 0. The van der Waals surface area contributed by atoms with E-state index in [0.29, 0.717) is 6.54 Å². The molecule has 3 aromatic rings. The Balaban J connectivity index is 1.93. The predicted octanol–water partition coefficient (Wildman–Crippen LogP) is 3.74. The number of nitrogens with zero attached hydrogens (tertiary/aromatic N) is 1. The van der Waals surface area contributed by atoms with Gasteiger partial charge in [0.1, 0.15) is 0 Å². The van der Waals surface area contributed by atoms with E-state index in [1.54, 1.807) is 0 Å². The van der Waals surface area contributed by atoms with Crippen molar-refractivity contribution in [2.24, 2.45) is 0 Å². The average Bonchev–Trinajstić information content (AvgIpc) is 2.46. The Kier molecular flexibility index (Phi) is 3.25. The molecule has 3 rings (SSSR count). The van der Waals surface area contributed by atoms with Crippen molar-refractivity contribution >= 4 is 22.3 Å². The van der Waals surface area contributed by atoms with Crippen molar-refractivity contribution in [1.82, 2.24) is 4.98 Å². The normalized spacial score (nSPS) is 10.7. The summed E-state index contributed by atoms with van der Waals surface area (Å²) in [7, 11) is 0. The monoisotopic (exact) mass is 263 g/mol. The van der Waals surface area contributed by atoms with Crippen molar-refractivity contribution in [3.05, 3.63) is 65.9 Å². The Morgan fingerprint density at radius 1 is 1.05 bits per heavy atom. The van der Waals surface area contributed by atoms with E-state index in [1.807, 2.05) is 49.4 Å². The molecule has 100 valence electrons. The molecular weight excluding hydrogens is 246 g/mol. The SMILES string of the molecule is Cc1cc(NCc2ccccc2N)c2ccccc2n1. The topological polar surface area (TPSA) is 50.9 Å². The summed E-state index contributed by atoms with van der Waals surface area (Å²) in [5, 5.41) is 4.60. The van der Waals surface area contributed by atoms with Gasteiger partial charge in [0.15, 0.2) is 0 Å². The second kappa shape index (κ2) is 5.21. The Bertz CT molecular complexity index is 750. The Morgan fingerprint density at radius 2 is 1.80 bits per heavy atom. The fourth-order valence-electron chi connectivity index (χ4n) is 2.34. The smallest absolute Gasteiger partial charge is 0.0725 e. The molecule has 3 nitrogen and oxygen atoms in total. The van der Waals surface area contributed by atoms with Crippen LogP contribution in [-0.2, 0) is 6.54 Å². The first-order chi connectivity index (χ1) is 9.74. The molecule has 3 heteroatoms. The van der Waals surface area contributed by atoms with E-state index in [2.05, 4.69) is 22.4 Å². The maximum absolute atomic E-state index is 5.97. The lowest BCUT2D eigenvalue weighted by atomic mass is 10.1. The van der Waals surface area contributed by atoms with Crippen LogP contribution in [0.15, 0.2) is 54.6 Å². The maximum atomic E-state index is 5.97. The number of aryl methyl sites for hydroxylation is 1. The summed E-state index contributed by atoms with van der Waals surface area (Å²) in [6.45, 7) is 2.72. The standard InChI is InChI=1S/C17H17N3/c1-12-10-17(14-7-3-5-9-16(14)20-12)19-11-13-6-2-4-8-15(13)18/h2-10H,11,18H2,1H3,(H,19,20). The van der Waals surface area contributed by atoms with Crippen LogP contribution in [0.5, 0.6) is 0 Å². The van der Waals surface area contributed by atoms with Crippen molar-refractivity contribution in [2.45, 2.75) is 13.5 Å². The van der Waals surface area contributed by atoms with E-state index in [0.717, 1.165) is 33.5 Å². The molecule has 1 aromatic heterocycles. The van der Waals surface area contributed by atoms with Gasteiger partial charge in [-0.25, -0.2) is 0 Å². The van der Waals surface area contributed by atoms with Crippen LogP contribution in [0.3, 0.4) is 0 Å². The van der Waals surface area contributed by atoms with Gasteiger partial charge < -0.3 is 11.1 Å². The highest BCUT2D eigenvalue weighted by Gasteiger charge is 2.04. The van der Waals surface area contributed by atoms with Crippen molar-refractivity contribution in [1.29, 1.82) is 0 Å². The lowest BCUT2D eigenvalue weighted by Gasteiger charge is -2.12. The number of nitrogens with one attached hydrogen (secondary N) is 1. The van der Waals surface area contributed by atoms with Gasteiger partial charge in [0.2, 0.25) is 0 Å². The Labute approximate surface area is 118 Å². The summed E-state index contributed by atoms with van der Waals surface area (Å²) >= 11 is 0. The number of para-hydroxylation sites is 2. The second-order valence-electron chi connectivity index (χ2n) is 4.88. The van der Waals surface area contributed by atoms with Crippen molar-refractivity contribution < 1.29 is 0 Å². The minimum Gasteiger partial charge on any atom is -0.398 e. The minimum atomic E-state index is 0.708. The molecule has 0 bridgehead atoms. The van der Waals surface area contributed by atoms with Crippen LogP contribution in [0.1, 0.15) is 11.3 Å². The van der Waals surface area contributed by atoms with Gasteiger partial charge in [-0.15, -0.1) is 0 Å². The number of hydrogen-bond acceptors (Lipinski definition) is 3. The van der Waals surface area contributed by atoms with Gasteiger partial charge in [0.25, 0.3) is 0 Å². The third-order valence-electron chi connectivity index (χ3n) is 3.37. The zero-order valence-corrected chi connectivity index (χ0v) is 11.4. The molecule has 0 radical (unpaired) electrons. The molecule has 0 saturated heterocycles. The number of hydrogen-bond donors (Lipinski definition) is 2. The first-order valence-electron chi connectivity index (χ1n) is 6.68. The third-order valence-corrected chi connectivity index (χ3v) is 3.37. The molecule has 0 atom stereocenters. The zero-order chi connectivity index (χ0) is 13.9. The van der Waals surface area contributed by atoms with Crippen molar-refractivity contribution in [2.75, 3.05) is 11.1 Å². The van der Waals surface area contributed by atoms with Gasteiger partial charge in [-0.3, -0.25) is 4.98 Å². The highest BCUT2D eigenvalue weighted by Crippen LogP contribution is 2.24. The number of fused-ring (bicyclic) bond motifs is 1.